The lowest BCUT2D eigenvalue weighted by atomic mass is 10.2. The lowest BCUT2D eigenvalue weighted by molar-refractivity contribution is 0.371. The van der Waals surface area contributed by atoms with Crippen LogP contribution in [0.15, 0.2) is 47.4 Å². The number of benzene rings is 2. The topological polar surface area (TPSA) is 41.5 Å². The lowest BCUT2D eigenvalue weighted by Gasteiger charge is -2.11. The van der Waals surface area contributed by atoms with E-state index in [1.165, 1.54) is 4.90 Å². The zero-order valence-corrected chi connectivity index (χ0v) is 11.8. The molecule has 0 saturated carbocycles. The Labute approximate surface area is 117 Å². The van der Waals surface area contributed by atoms with E-state index in [2.05, 4.69) is 23.7 Å². The van der Waals surface area contributed by atoms with Crippen LogP contribution in [0.4, 0.5) is 5.69 Å². The third-order valence-corrected chi connectivity index (χ3v) is 3.62. The van der Waals surface area contributed by atoms with Crippen molar-refractivity contribution in [1.82, 2.24) is 0 Å². The molecule has 0 bridgehead atoms. The van der Waals surface area contributed by atoms with Crippen molar-refractivity contribution in [3.8, 4) is 11.5 Å². The summed E-state index contributed by atoms with van der Waals surface area (Å²) in [6.07, 6.45) is 2.05. The number of anilines is 1. The van der Waals surface area contributed by atoms with Crippen LogP contribution in [0.2, 0.25) is 0 Å². The van der Waals surface area contributed by atoms with Gasteiger partial charge in [-0.15, -0.1) is 11.8 Å². The molecule has 2 aromatic rings. The third kappa shape index (κ3) is 3.35. The summed E-state index contributed by atoms with van der Waals surface area (Å²) in [5.74, 6) is 0.690. The van der Waals surface area contributed by atoms with Crippen LogP contribution in [0.5, 0.6) is 11.5 Å². The van der Waals surface area contributed by atoms with E-state index in [1.807, 2.05) is 24.3 Å². The van der Waals surface area contributed by atoms with Crippen LogP contribution in [0, 0.1) is 0 Å². The van der Waals surface area contributed by atoms with Crippen molar-refractivity contribution in [1.29, 1.82) is 0 Å². The fourth-order valence-electron chi connectivity index (χ4n) is 1.78. The summed E-state index contributed by atoms with van der Waals surface area (Å²) < 4.78 is 5.09. The zero-order valence-electron chi connectivity index (χ0n) is 11.0. The third-order valence-electron chi connectivity index (χ3n) is 2.88. The number of para-hydroxylation sites is 1. The van der Waals surface area contributed by atoms with Gasteiger partial charge < -0.3 is 15.2 Å². The molecule has 2 N–H and O–H groups in total. The molecular formula is C15H17NO2S. The van der Waals surface area contributed by atoms with Crippen LogP contribution in [0.1, 0.15) is 5.56 Å². The van der Waals surface area contributed by atoms with E-state index < -0.39 is 0 Å². The fraction of sp³-hybridized carbons (Fsp3) is 0.200. The van der Waals surface area contributed by atoms with Gasteiger partial charge >= 0.3 is 0 Å². The molecule has 0 spiro atoms. The Morgan fingerprint density at radius 2 is 1.89 bits per heavy atom. The number of ether oxygens (including phenoxy) is 1. The minimum absolute atomic E-state index is 0.193. The van der Waals surface area contributed by atoms with Crippen molar-refractivity contribution in [3.63, 3.8) is 0 Å². The summed E-state index contributed by atoms with van der Waals surface area (Å²) in [7, 11) is 1.55. The second kappa shape index (κ2) is 6.38. The molecule has 0 heterocycles. The zero-order chi connectivity index (χ0) is 13.7. The molecule has 0 saturated heterocycles. The van der Waals surface area contributed by atoms with Crippen LogP contribution >= 0.6 is 11.8 Å². The molecule has 0 fully saturated rings. The maximum atomic E-state index is 9.98. The molecule has 3 nitrogen and oxygen atoms in total. The van der Waals surface area contributed by atoms with Crippen LogP contribution in [-0.4, -0.2) is 18.5 Å². The van der Waals surface area contributed by atoms with Gasteiger partial charge in [0, 0.05) is 22.7 Å². The van der Waals surface area contributed by atoms with Gasteiger partial charge in [0.15, 0.2) is 11.5 Å². The molecule has 2 aromatic carbocycles. The van der Waals surface area contributed by atoms with Gasteiger partial charge in [0.25, 0.3) is 0 Å². The number of hydrogen-bond donors (Lipinski definition) is 2. The second-order valence-corrected chi connectivity index (χ2v) is 4.93. The summed E-state index contributed by atoms with van der Waals surface area (Å²) in [5, 5.41) is 13.3. The molecule has 0 aliphatic carbocycles. The first kappa shape index (κ1) is 13.6. The molecule has 0 amide bonds. The smallest absolute Gasteiger partial charge is 0.162 e. The van der Waals surface area contributed by atoms with E-state index in [0.29, 0.717) is 12.3 Å². The highest BCUT2D eigenvalue weighted by atomic mass is 32.2. The van der Waals surface area contributed by atoms with Gasteiger partial charge in [-0.2, -0.15) is 0 Å². The average molecular weight is 275 g/mol. The standard InChI is InChI=1S/C15H17NO2S/c1-18-14-5-3-4-11(15(14)17)10-16-12-6-8-13(19-2)9-7-12/h3-9,16-17H,10H2,1-2H3. The number of phenolic OH excluding ortho intramolecular Hbond substituents is 1. The number of thioether (sulfide) groups is 1. The van der Waals surface area contributed by atoms with Gasteiger partial charge in [-0.1, -0.05) is 12.1 Å². The molecule has 0 atom stereocenters. The van der Waals surface area contributed by atoms with Crippen molar-refractivity contribution < 1.29 is 9.84 Å². The summed E-state index contributed by atoms with van der Waals surface area (Å²) in [5.41, 5.74) is 1.84. The molecule has 19 heavy (non-hydrogen) atoms. The van der Waals surface area contributed by atoms with E-state index in [0.717, 1.165) is 11.3 Å². The Kier molecular flexibility index (Phi) is 4.58. The predicted molar refractivity (Wildman–Crippen MR) is 80.2 cm³/mol. The highest BCUT2D eigenvalue weighted by molar-refractivity contribution is 7.98. The number of phenols is 1. The summed E-state index contributed by atoms with van der Waals surface area (Å²) >= 11 is 1.72. The SMILES string of the molecule is COc1cccc(CNc2ccc(SC)cc2)c1O. The molecule has 2 rings (SSSR count). The minimum Gasteiger partial charge on any atom is -0.504 e. The molecule has 0 aliphatic rings. The molecule has 0 radical (unpaired) electrons. The van der Waals surface area contributed by atoms with Crippen molar-refractivity contribution in [3.05, 3.63) is 48.0 Å². The quantitative estimate of drug-likeness (QED) is 0.816. The van der Waals surface area contributed by atoms with Crippen LogP contribution in [0.3, 0.4) is 0 Å². The van der Waals surface area contributed by atoms with Crippen molar-refractivity contribution in [2.45, 2.75) is 11.4 Å². The van der Waals surface area contributed by atoms with E-state index in [-0.39, 0.29) is 5.75 Å². The number of hydrogen-bond acceptors (Lipinski definition) is 4. The molecular weight excluding hydrogens is 258 g/mol. The maximum Gasteiger partial charge on any atom is 0.162 e. The normalized spacial score (nSPS) is 10.2. The average Bonchev–Trinajstić information content (AvgIpc) is 2.47. The van der Waals surface area contributed by atoms with Gasteiger partial charge in [0.2, 0.25) is 0 Å². The minimum atomic E-state index is 0.193. The number of aromatic hydroxyl groups is 1. The number of nitrogens with one attached hydrogen (secondary N) is 1. The van der Waals surface area contributed by atoms with Crippen LogP contribution in [0.25, 0.3) is 0 Å². The van der Waals surface area contributed by atoms with Gasteiger partial charge in [0.05, 0.1) is 7.11 Å². The Hall–Kier alpha value is -1.81. The monoisotopic (exact) mass is 275 g/mol. The highest BCUT2D eigenvalue weighted by Gasteiger charge is 2.06. The first-order valence-electron chi connectivity index (χ1n) is 5.97. The Morgan fingerprint density at radius 3 is 2.53 bits per heavy atom. The predicted octanol–water partition coefficient (Wildman–Crippen LogP) is 3.73. The van der Waals surface area contributed by atoms with Crippen molar-refractivity contribution in [2.24, 2.45) is 0 Å². The van der Waals surface area contributed by atoms with E-state index >= 15 is 0 Å². The fourth-order valence-corrected chi connectivity index (χ4v) is 2.19. The van der Waals surface area contributed by atoms with Gasteiger partial charge in [-0.05, 0) is 36.6 Å². The Morgan fingerprint density at radius 1 is 1.16 bits per heavy atom. The summed E-state index contributed by atoms with van der Waals surface area (Å²) in [6, 6.07) is 13.7. The van der Waals surface area contributed by atoms with Crippen LogP contribution in [-0.2, 0) is 6.54 Å². The second-order valence-electron chi connectivity index (χ2n) is 4.05. The molecule has 100 valence electrons. The highest BCUT2D eigenvalue weighted by Crippen LogP contribution is 2.29. The van der Waals surface area contributed by atoms with Gasteiger partial charge in [-0.25, -0.2) is 0 Å². The summed E-state index contributed by atoms with van der Waals surface area (Å²) in [4.78, 5) is 1.23. The Balaban J connectivity index is 2.05. The van der Waals surface area contributed by atoms with E-state index in [9.17, 15) is 5.11 Å². The molecule has 0 aliphatic heterocycles. The van der Waals surface area contributed by atoms with Gasteiger partial charge in [0.1, 0.15) is 0 Å². The largest absolute Gasteiger partial charge is 0.504 e. The number of rotatable bonds is 5. The van der Waals surface area contributed by atoms with E-state index in [1.54, 1.807) is 24.9 Å². The number of methoxy groups -OCH3 is 1. The van der Waals surface area contributed by atoms with Crippen LogP contribution < -0.4 is 10.1 Å². The summed E-state index contributed by atoms with van der Waals surface area (Å²) in [6.45, 7) is 0.557. The van der Waals surface area contributed by atoms with Gasteiger partial charge in [-0.3, -0.25) is 0 Å². The first-order valence-corrected chi connectivity index (χ1v) is 7.20. The first-order chi connectivity index (χ1) is 9.24. The lowest BCUT2D eigenvalue weighted by Crippen LogP contribution is -2.00. The molecule has 0 aromatic heterocycles. The Bertz CT molecular complexity index is 540. The maximum absolute atomic E-state index is 9.98. The molecule has 4 heteroatoms. The van der Waals surface area contributed by atoms with E-state index in [4.69, 9.17) is 4.74 Å². The van der Waals surface area contributed by atoms with Crippen molar-refractivity contribution >= 4 is 17.4 Å². The molecule has 0 unspecified atom stereocenters. The van der Waals surface area contributed by atoms with Crippen molar-refractivity contribution in [2.75, 3.05) is 18.7 Å².